The molecule has 1 aromatic carbocycles. The Kier molecular flexibility index (Phi) is 6.42. The molecule has 0 spiro atoms. The second-order valence-corrected chi connectivity index (χ2v) is 6.12. The molecule has 0 aliphatic carbocycles. The number of rotatable bonds is 6. The van der Waals surface area contributed by atoms with Gasteiger partial charge in [0.1, 0.15) is 6.54 Å². The fourth-order valence-electron chi connectivity index (χ4n) is 1.67. The second-order valence-electron chi connectivity index (χ2n) is 4.49. The second kappa shape index (κ2) is 8.32. The third-order valence-electron chi connectivity index (χ3n) is 2.79. The van der Waals surface area contributed by atoms with Gasteiger partial charge >= 0.3 is 5.97 Å². The van der Waals surface area contributed by atoms with E-state index in [1.807, 2.05) is 0 Å². The first-order valence-corrected chi connectivity index (χ1v) is 8.09. The van der Waals surface area contributed by atoms with E-state index in [-0.39, 0.29) is 16.3 Å². The Labute approximate surface area is 155 Å². The summed E-state index contributed by atoms with van der Waals surface area (Å²) in [5.41, 5.74) is 0.193. The van der Waals surface area contributed by atoms with E-state index >= 15 is 0 Å². The highest BCUT2D eigenvalue weighted by Crippen LogP contribution is 2.21. The highest BCUT2D eigenvalue weighted by molar-refractivity contribution is 9.10. The molecule has 2 rings (SSSR count). The summed E-state index contributed by atoms with van der Waals surface area (Å²) in [5.74, 6) is -1.79. The molecule has 126 valence electrons. The van der Waals surface area contributed by atoms with Gasteiger partial charge in [0.2, 0.25) is 5.78 Å². The summed E-state index contributed by atoms with van der Waals surface area (Å²) in [6.45, 7) is -0.902. The molecule has 0 unspecified atom stereocenters. The lowest BCUT2D eigenvalue weighted by molar-refractivity contribution is -0.141. The van der Waals surface area contributed by atoms with Gasteiger partial charge in [-0.15, -0.1) is 0 Å². The Bertz CT molecular complexity index is 790. The highest BCUT2D eigenvalue weighted by atomic mass is 79.9. The summed E-state index contributed by atoms with van der Waals surface area (Å²) in [6, 6.07) is 7.35. The lowest BCUT2D eigenvalue weighted by atomic mass is 10.1. The van der Waals surface area contributed by atoms with Crippen molar-refractivity contribution in [2.24, 2.45) is 0 Å². The van der Waals surface area contributed by atoms with Gasteiger partial charge in [-0.1, -0.05) is 23.2 Å². The number of amides is 1. The summed E-state index contributed by atoms with van der Waals surface area (Å²) < 4.78 is 10.2. The van der Waals surface area contributed by atoms with Crippen LogP contribution in [-0.4, -0.2) is 30.8 Å². The molecule has 1 N–H and O–H groups in total. The van der Waals surface area contributed by atoms with Crippen LogP contribution in [0.3, 0.4) is 0 Å². The van der Waals surface area contributed by atoms with Crippen molar-refractivity contribution in [2.75, 3.05) is 13.2 Å². The number of ether oxygens (including phenoxy) is 1. The summed E-state index contributed by atoms with van der Waals surface area (Å²) in [4.78, 5) is 35.2. The minimum absolute atomic E-state index is 0.0405. The van der Waals surface area contributed by atoms with Crippen molar-refractivity contribution in [3.05, 3.63) is 56.4 Å². The maximum Gasteiger partial charge on any atom is 0.325 e. The average molecular weight is 435 g/mol. The van der Waals surface area contributed by atoms with Gasteiger partial charge in [0.15, 0.2) is 17.0 Å². The number of nitrogens with one attached hydrogen (secondary N) is 1. The van der Waals surface area contributed by atoms with E-state index in [4.69, 9.17) is 32.4 Å². The highest BCUT2D eigenvalue weighted by Gasteiger charge is 2.15. The zero-order valence-electron chi connectivity index (χ0n) is 12.0. The largest absolute Gasteiger partial charge is 0.456 e. The number of Topliss-reactive ketones (excluding diaryl/α,β-unsaturated/α-hetero) is 1. The van der Waals surface area contributed by atoms with Gasteiger partial charge in [-0.2, -0.15) is 0 Å². The van der Waals surface area contributed by atoms with Crippen LogP contribution in [0.2, 0.25) is 10.0 Å². The number of ketones is 1. The molecule has 0 aliphatic rings. The van der Waals surface area contributed by atoms with Gasteiger partial charge in [0.05, 0.1) is 5.02 Å². The van der Waals surface area contributed by atoms with Gasteiger partial charge in [-0.25, -0.2) is 0 Å². The van der Waals surface area contributed by atoms with E-state index in [2.05, 4.69) is 21.2 Å². The summed E-state index contributed by atoms with van der Waals surface area (Å²) in [5, 5.41) is 2.87. The van der Waals surface area contributed by atoms with Crippen molar-refractivity contribution in [1.82, 2.24) is 5.32 Å². The molecule has 0 bridgehead atoms. The Balaban J connectivity index is 1.80. The van der Waals surface area contributed by atoms with Gasteiger partial charge < -0.3 is 14.5 Å². The maximum atomic E-state index is 11.9. The van der Waals surface area contributed by atoms with Crippen LogP contribution in [0.15, 0.2) is 39.4 Å². The summed E-state index contributed by atoms with van der Waals surface area (Å²) in [7, 11) is 0. The fraction of sp³-hybridized carbons (Fsp3) is 0.133. The lowest BCUT2D eigenvalue weighted by Crippen LogP contribution is -2.31. The van der Waals surface area contributed by atoms with Crippen molar-refractivity contribution in [2.45, 2.75) is 0 Å². The topological polar surface area (TPSA) is 85.6 Å². The molecule has 0 radical (unpaired) electrons. The molecule has 6 nitrogen and oxygen atoms in total. The SMILES string of the molecule is O=C(CNC(=O)c1ccc(Br)o1)OCC(=O)c1ccc(Cl)cc1Cl. The van der Waals surface area contributed by atoms with Gasteiger partial charge in [0, 0.05) is 10.6 Å². The summed E-state index contributed by atoms with van der Waals surface area (Å²) in [6.07, 6.45) is 0. The minimum Gasteiger partial charge on any atom is -0.456 e. The number of hydrogen-bond acceptors (Lipinski definition) is 5. The standard InChI is InChI=1S/C15H10BrCl2NO5/c16-13-4-3-12(24-13)15(22)19-6-14(21)23-7-11(20)9-2-1-8(17)5-10(9)18/h1-5H,6-7H2,(H,19,22). The Morgan fingerprint density at radius 2 is 1.92 bits per heavy atom. The van der Waals surface area contributed by atoms with Crippen LogP contribution in [0.5, 0.6) is 0 Å². The predicted molar refractivity (Wildman–Crippen MR) is 90.5 cm³/mol. The van der Waals surface area contributed by atoms with E-state index in [1.54, 1.807) is 6.07 Å². The zero-order valence-corrected chi connectivity index (χ0v) is 15.1. The number of hydrogen-bond donors (Lipinski definition) is 1. The van der Waals surface area contributed by atoms with Gasteiger partial charge in [0.25, 0.3) is 5.91 Å². The molecule has 0 saturated carbocycles. The molecule has 1 amide bonds. The smallest absolute Gasteiger partial charge is 0.325 e. The molecule has 0 fully saturated rings. The normalized spacial score (nSPS) is 10.3. The molecule has 0 aliphatic heterocycles. The maximum absolute atomic E-state index is 11.9. The Hall–Kier alpha value is -1.83. The molecule has 0 saturated heterocycles. The third-order valence-corrected chi connectivity index (χ3v) is 3.76. The third kappa shape index (κ3) is 5.09. The van der Waals surface area contributed by atoms with Crippen molar-refractivity contribution < 1.29 is 23.5 Å². The number of esters is 1. The predicted octanol–water partition coefficient (Wildman–Crippen LogP) is 3.50. The van der Waals surface area contributed by atoms with E-state index < -0.39 is 30.8 Å². The molecule has 0 atom stereocenters. The van der Waals surface area contributed by atoms with Crippen LogP contribution in [0.25, 0.3) is 0 Å². The Morgan fingerprint density at radius 3 is 2.54 bits per heavy atom. The van der Waals surface area contributed by atoms with Crippen LogP contribution in [-0.2, 0) is 9.53 Å². The van der Waals surface area contributed by atoms with Crippen molar-refractivity contribution in [3.63, 3.8) is 0 Å². The molecule has 1 aromatic heterocycles. The van der Waals surface area contributed by atoms with E-state index in [0.717, 1.165) is 0 Å². The molecule has 9 heteroatoms. The van der Waals surface area contributed by atoms with Crippen molar-refractivity contribution in [1.29, 1.82) is 0 Å². The van der Waals surface area contributed by atoms with E-state index in [9.17, 15) is 14.4 Å². The van der Waals surface area contributed by atoms with Crippen LogP contribution in [0.4, 0.5) is 0 Å². The quantitative estimate of drug-likeness (QED) is 0.555. The molecule has 24 heavy (non-hydrogen) atoms. The molecular formula is C15H10BrCl2NO5. The summed E-state index contributed by atoms with van der Waals surface area (Å²) >= 11 is 14.7. The number of furan rings is 1. The lowest BCUT2D eigenvalue weighted by Gasteiger charge is -2.06. The van der Waals surface area contributed by atoms with Crippen molar-refractivity contribution >= 4 is 56.8 Å². The van der Waals surface area contributed by atoms with Crippen LogP contribution in [0.1, 0.15) is 20.9 Å². The van der Waals surface area contributed by atoms with E-state index in [0.29, 0.717) is 9.69 Å². The first-order chi connectivity index (χ1) is 11.4. The van der Waals surface area contributed by atoms with Gasteiger partial charge in [-0.3, -0.25) is 14.4 Å². The molecule has 1 heterocycles. The van der Waals surface area contributed by atoms with Gasteiger partial charge in [-0.05, 0) is 46.3 Å². The number of carbonyl (C=O) groups is 3. The average Bonchev–Trinajstić information content (AvgIpc) is 2.97. The zero-order chi connectivity index (χ0) is 17.7. The monoisotopic (exact) mass is 433 g/mol. The van der Waals surface area contributed by atoms with Crippen molar-refractivity contribution in [3.8, 4) is 0 Å². The fourth-order valence-corrected chi connectivity index (χ4v) is 2.49. The number of benzene rings is 1. The van der Waals surface area contributed by atoms with E-state index in [1.165, 1.54) is 24.3 Å². The molecule has 2 aromatic rings. The molecular weight excluding hydrogens is 425 g/mol. The van der Waals surface area contributed by atoms with Crippen LogP contribution in [0, 0.1) is 0 Å². The van der Waals surface area contributed by atoms with Crippen LogP contribution >= 0.6 is 39.1 Å². The number of carbonyl (C=O) groups excluding carboxylic acids is 3. The Morgan fingerprint density at radius 1 is 1.17 bits per heavy atom. The first kappa shape index (κ1) is 18.5. The first-order valence-electron chi connectivity index (χ1n) is 6.54. The van der Waals surface area contributed by atoms with Crippen LogP contribution < -0.4 is 5.32 Å². The number of halogens is 3. The minimum atomic E-state index is -0.771.